The minimum Gasteiger partial charge on any atom is -0.449 e. The number of carbonyl (C=O) groups is 2. The summed E-state index contributed by atoms with van der Waals surface area (Å²) in [5, 5.41) is 0.577. The number of rotatable bonds is 3. The molecule has 1 N–H and O–H groups in total. The lowest BCUT2D eigenvalue weighted by Crippen LogP contribution is -2.46. The van der Waals surface area contributed by atoms with E-state index >= 15 is 0 Å². The molecule has 0 bridgehead atoms. The molecule has 1 aromatic carbocycles. The van der Waals surface area contributed by atoms with Gasteiger partial charge in [-0.3, -0.25) is 9.59 Å². The molecule has 1 amide bonds. The van der Waals surface area contributed by atoms with Gasteiger partial charge in [-0.2, -0.15) is 0 Å². The first-order chi connectivity index (χ1) is 11.6. The molecule has 7 heteroatoms. The summed E-state index contributed by atoms with van der Waals surface area (Å²) < 4.78 is 10.5. The minimum atomic E-state index is -0.923. The van der Waals surface area contributed by atoms with E-state index < -0.39 is 17.6 Å². The Bertz CT molecular complexity index is 823. The number of carbonyl (C=O) groups excluding carboxylic acids is 2. The van der Waals surface area contributed by atoms with Gasteiger partial charge in [0.05, 0.1) is 18.8 Å². The number of amides is 1. The average molecular weight is 330 g/mol. The van der Waals surface area contributed by atoms with Gasteiger partial charge >= 0.3 is 5.97 Å². The monoisotopic (exact) mass is 330 g/mol. The van der Waals surface area contributed by atoms with Crippen LogP contribution in [0, 0.1) is 0 Å². The van der Waals surface area contributed by atoms with Crippen molar-refractivity contribution >= 4 is 22.8 Å². The number of hydrogen-bond acceptors (Lipinski definition) is 5. The Hall–Kier alpha value is -2.67. The van der Waals surface area contributed by atoms with Gasteiger partial charge in [0.2, 0.25) is 5.56 Å². The van der Waals surface area contributed by atoms with Crippen LogP contribution in [0.5, 0.6) is 0 Å². The van der Waals surface area contributed by atoms with E-state index in [1.54, 1.807) is 29.2 Å². The lowest BCUT2D eigenvalue weighted by Gasteiger charge is -2.29. The molecule has 1 saturated heterocycles. The highest BCUT2D eigenvalue weighted by atomic mass is 16.5. The van der Waals surface area contributed by atoms with Gasteiger partial charge in [-0.15, -0.1) is 0 Å². The number of H-pyrrole nitrogens is 1. The number of aromatic nitrogens is 1. The molecule has 1 aromatic heterocycles. The van der Waals surface area contributed by atoms with E-state index in [1.807, 2.05) is 0 Å². The highest BCUT2D eigenvalue weighted by Crippen LogP contribution is 2.16. The maximum absolute atomic E-state index is 12.4. The Morgan fingerprint density at radius 1 is 1.25 bits per heavy atom. The first kappa shape index (κ1) is 16.2. The molecule has 1 atom stereocenters. The quantitative estimate of drug-likeness (QED) is 0.846. The first-order valence-corrected chi connectivity index (χ1v) is 7.76. The highest BCUT2D eigenvalue weighted by Gasteiger charge is 2.26. The minimum absolute atomic E-state index is 0.149. The van der Waals surface area contributed by atoms with Crippen LogP contribution in [0.2, 0.25) is 0 Å². The molecule has 24 heavy (non-hydrogen) atoms. The number of aromatic amines is 1. The zero-order chi connectivity index (χ0) is 17.1. The van der Waals surface area contributed by atoms with Gasteiger partial charge in [-0.05, 0) is 13.0 Å². The molecule has 1 unspecified atom stereocenters. The fraction of sp³-hybridized carbons (Fsp3) is 0.353. The van der Waals surface area contributed by atoms with Crippen LogP contribution in [-0.2, 0) is 14.3 Å². The Morgan fingerprint density at radius 2 is 1.96 bits per heavy atom. The number of nitrogens with zero attached hydrogens (tertiary/aromatic N) is 1. The molecule has 0 saturated carbocycles. The van der Waals surface area contributed by atoms with Crippen LogP contribution in [0.25, 0.3) is 10.9 Å². The number of nitrogens with one attached hydrogen (secondary N) is 1. The van der Waals surface area contributed by atoms with E-state index in [0.29, 0.717) is 37.2 Å². The van der Waals surface area contributed by atoms with Crippen LogP contribution >= 0.6 is 0 Å². The van der Waals surface area contributed by atoms with Crippen molar-refractivity contribution in [3.63, 3.8) is 0 Å². The Morgan fingerprint density at radius 3 is 2.71 bits per heavy atom. The van der Waals surface area contributed by atoms with E-state index in [0.717, 1.165) is 0 Å². The van der Waals surface area contributed by atoms with Crippen molar-refractivity contribution in [2.45, 2.75) is 13.0 Å². The Kier molecular flexibility index (Phi) is 4.61. The molecule has 2 aromatic rings. The molecular weight excluding hydrogens is 312 g/mol. The molecule has 1 aliphatic heterocycles. The molecule has 3 rings (SSSR count). The summed E-state index contributed by atoms with van der Waals surface area (Å²) in [5.41, 5.74) is 0.299. The molecule has 0 aliphatic carbocycles. The third-order valence-electron chi connectivity index (χ3n) is 3.92. The van der Waals surface area contributed by atoms with Crippen LogP contribution in [0.15, 0.2) is 35.1 Å². The third-order valence-corrected chi connectivity index (χ3v) is 3.92. The molecule has 2 heterocycles. The first-order valence-electron chi connectivity index (χ1n) is 7.76. The zero-order valence-electron chi connectivity index (χ0n) is 13.3. The SMILES string of the molecule is CC(OC(=O)c1cc(=O)[nH]c2ccccc12)C(=O)N1CCOCC1. The largest absolute Gasteiger partial charge is 0.449 e. The predicted molar refractivity (Wildman–Crippen MR) is 86.8 cm³/mol. The van der Waals surface area contributed by atoms with Gasteiger partial charge in [0.1, 0.15) is 0 Å². The number of pyridine rings is 1. The van der Waals surface area contributed by atoms with Crippen molar-refractivity contribution in [1.29, 1.82) is 0 Å². The molecular formula is C17H18N2O5. The summed E-state index contributed by atoms with van der Waals surface area (Å²) in [4.78, 5) is 40.8. The molecule has 1 fully saturated rings. The maximum Gasteiger partial charge on any atom is 0.339 e. The second kappa shape index (κ2) is 6.84. The van der Waals surface area contributed by atoms with E-state index in [-0.39, 0.29) is 11.5 Å². The second-order valence-corrected chi connectivity index (χ2v) is 5.58. The van der Waals surface area contributed by atoms with Crippen LogP contribution < -0.4 is 5.56 Å². The van der Waals surface area contributed by atoms with Crippen molar-refractivity contribution < 1.29 is 19.1 Å². The fourth-order valence-electron chi connectivity index (χ4n) is 2.69. The number of hydrogen-bond donors (Lipinski definition) is 1. The van der Waals surface area contributed by atoms with Crippen molar-refractivity contribution in [2.24, 2.45) is 0 Å². The van der Waals surface area contributed by atoms with Crippen LogP contribution in [0.3, 0.4) is 0 Å². The molecule has 1 aliphatic rings. The van der Waals surface area contributed by atoms with Gasteiger partial charge in [-0.1, -0.05) is 18.2 Å². The van der Waals surface area contributed by atoms with E-state index in [2.05, 4.69) is 4.98 Å². The summed E-state index contributed by atoms with van der Waals surface area (Å²) in [7, 11) is 0. The molecule has 0 radical (unpaired) electrons. The summed E-state index contributed by atoms with van der Waals surface area (Å²) in [6, 6.07) is 8.14. The fourth-order valence-corrected chi connectivity index (χ4v) is 2.69. The van der Waals surface area contributed by atoms with Crippen molar-refractivity contribution in [3.8, 4) is 0 Å². The summed E-state index contributed by atoms with van der Waals surface area (Å²) in [6.45, 7) is 3.45. The van der Waals surface area contributed by atoms with Gasteiger partial charge in [0.15, 0.2) is 6.10 Å². The number of ether oxygens (including phenoxy) is 2. The Balaban J connectivity index is 1.79. The highest BCUT2D eigenvalue weighted by molar-refractivity contribution is 6.03. The number of fused-ring (bicyclic) bond motifs is 1. The standard InChI is InChI=1S/C17H18N2O5/c1-11(16(21)19-6-8-23-9-7-19)24-17(22)13-10-15(20)18-14-5-3-2-4-12(13)14/h2-5,10-11H,6-9H2,1H3,(H,18,20). The molecule has 0 spiro atoms. The molecule has 126 valence electrons. The topological polar surface area (TPSA) is 88.7 Å². The van der Waals surface area contributed by atoms with Crippen LogP contribution in [0.4, 0.5) is 0 Å². The smallest absolute Gasteiger partial charge is 0.339 e. The summed E-state index contributed by atoms with van der Waals surface area (Å²) in [6.07, 6.45) is -0.923. The van der Waals surface area contributed by atoms with E-state index in [1.165, 1.54) is 13.0 Å². The van der Waals surface area contributed by atoms with Gasteiger partial charge in [0.25, 0.3) is 5.91 Å². The third kappa shape index (κ3) is 3.30. The number of para-hydroxylation sites is 1. The van der Waals surface area contributed by atoms with Gasteiger partial charge in [-0.25, -0.2) is 4.79 Å². The summed E-state index contributed by atoms with van der Waals surface area (Å²) >= 11 is 0. The van der Waals surface area contributed by atoms with Crippen molar-refractivity contribution in [2.75, 3.05) is 26.3 Å². The predicted octanol–water partition coefficient (Wildman–Crippen LogP) is 0.932. The van der Waals surface area contributed by atoms with E-state index in [9.17, 15) is 14.4 Å². The van der Waals surface area contributed by atoms with Gasteiger partial charge in [0, 0.05) is 30.1 Å². The van der Waals surface area contributed by atoms with Crippen molar-refractivity contribution in [1.82, 2.24) is 9.88 Å². The second-order valence-electron chi connectivity index (χ2n) is 5.58. The van der Waals surface area contributed by atoms with E-state index in [4.69, 9.17) is 9.47 Å². The lowest BCUT2D eigenvalue weighted by molar-refractivity contribution is -0.143. The number of esters is 1. The number of morpholine rings is 1. The van der Waals surface area contributed by atoms with Crippen molar-refractivity contribution in [3.05, 3.63) is 46.2 Å². The van der Waals surface area contributed by atoms with Crippen LogP contribution in [0.1, 0.15) is 17.3 Å². The van der Waals surface area contributed by atoms with Crippen LogP contribution in [-0.4, -0.2) is 54.2 Å². The normalized spacial score (nSPS) is 16.0. The van der Waals surface area contributed by atoms with Gasteiger partial charge < -0.3 is 19.4 Å². The number of benzene rings is 1. The Labute approximate surface area is 138 Å². The lowest BCUT2D eigenvalue weighted by atomic mass is 10.1. The molecule has 7 nitrogen and oxygen atoms in total. The zero-order valence-corrected chi connectivity index (χ0v) is 13.3. The summed E-state index contributed by atoms with van der Waals surface area (Å²) in [5.74, 6) is -0.952. The average Bonchev–Trinajstić information content (AvgIpc) is 2.60. The maximum atomic E-state index is 12.4.